The predicted molar refractivity (Wildman–Crippen MR) is 129 cm³/mol. The first-order valence-electron chi connectivity index (χ1n) is 11.5. The first-order valence-corrected chi connectivity index (χ1v) is 12.3. The summed E-state index contributed by atoms with van der Waals surface area (Å²) in [4.78, 5) is 23.3. The van der Waals surface area contributed by atoms with E-state index in [1.807, 2.05) is 17.5 Å². The Morgan fingerprint density at radius 1 is 1.00 bits per heavy atom. The number of carbonyl (C=O) groups is 1. The van der Waals surface area contributed by atoms with E-state index in [9.17, 15) is 4.79 Å². The van der Waals surface area contributed by atoms with E-state index >= 15 is 0 Å². The second kappa shape index (κ2) is 9.14. The molecule has 2 fully saturated rings. The summed E-state index contributed by atoms with van der Waals surface area (Å²) in [5, 5.41) is 6.49. The Labute approximate surface area is 194 Å². The SMILES string of the molecule is CN1CCN(C(=O)c2csc(C3CCNCC3)n2)C(c2ccccc2)(c2ccccc2)C1. The van der Waals surface area contributed by atoms with Gasteiger partial charge in [-0.05, 0) is 44.1 Å². The molecule has 6 heteroatoms. The minimum Gasteiger partial charge on any atom is -0.321 e. The fourth-order valence-electron chi connectivity index (χ4n) is 5.16. The highest BCUT2D eigenvalue weighted by Crippen LogP contribution is 2.40. The van der Waals surface area contributed by atoms with Crippen molar-refractivity contribution in [3.8, 4) is 0 Å². The lowest BCUT2D eigenvalue weighted by molar-refractivity contribution is 0.0238. The van der Waals surface area contributed by atoms with Gasteiger partial charge in [-0.15, -0.1) is 11.3 Å². The van der Waals surface area contributed by atoms with E-state index in [2.05, 4.69) is 70.7 Å². The van der Waals surface area contributed by atoms with Gasteiger partial charge in [-0.2, -0.15) is 0 Å². The van der Waals surface area contributed by atoms with E-state index in [1.165, 1.54) is 0 Å². The number of amides is 1. The Morgan fingerprint density at radius 3 is 2.25 bits per heavy atom. The standard InChI is InChI=1S/C26H30N4OS/c1-29-16-17-30(25(31)23-18-32-24(28-23)20-12-14-27-15-13-20)26(19-29,21-8-4-2-5-9-21)22-10-6-3-7-11-22/h2-11,18,20,27H,12-17,19H2,1H3. The average Bonchev–Trinajstić information content (AvgIpc) is 3.36. The van der Waals surface area contributed by atoms with Gasteiger partial charge < -0.3 is 15.1 Å². The molecule has 1 N–H and O–H groups in total. The summed E-state index contributed by atoms with van der Waals surface area (Å²) in [7, 11) is 2.14. The van der Waals surface area contributed by atoms with Crippen LogP contribution in [0.4, 0.5) is 0 Å². The van der Waals surface area contributed by atoms with Crippen molar-refractivity contribution in [1.29, 1.82) is 0 Å². The molecule has 5 nitrogen and oxygen atoms in total. The largest absolute Gasteiger partial charge is 0.321 e. The summed E-state index contributed by atoms with van der Waals surface area (Å²) in [5.74, 6) is 0.491. The number of hydrogen-bond acceptors (Lipinski definition) is 5. The zero-order valence-electron chi connectivity index (χ0n) is 18.5. The Morgan fingerprint density at radius 2 is 1.62 bits per heavy atom. The van der Waals surface area contributed by atoms with Crippen molar-refractivity contribution >= 4 is 17.2 Å². The van der Waals surface area contributed by atoms with Crippen LogP contribution in [0.1, 0.15) is 45.4 Å². The second-order valence-electron chi connectivity index (χ2n) is 8.88. The van der Waals surface area contributed by atoms with Gasteiger partial charge in [-0.1, -0.05) is 60.7 Å². The van der Waals surface area contributed by atoms with Gasteiger partial charge in [-0.3, -0.25) is 4.79 Å². The van der Waals surface area contributed by atoms with E-state index in [0.29, 0.717) is 18.2 Å². The number of rotatable bonds is 4. The van der Waals surface area contributed by atoms with Crippen LogP contribution in [0.5, 0.6) is 0 Å². The normalized spacial score (nSPS) is 19.7. The van der Waals surface area contributed by atoms with Gasteiger partial charge in [0.15, 0.2) is 0 Å². The van der Waals surface area contributed by atoms with Gasteiger partial charge in [0.2, 0.25) is 0 Å². The quantitative estimate of drug-likeness (QED) is 0.660. The molecule has 2 aromatic carbocycles. The highest BCUT2D eigenvalue weighted by molar-refractivity contribution is 7.09. The van der Waals surface area contributed by atoms with E-state index in [4.69, 9.17) is 4.98 Å². The maximum Gasteiger partial charge on any atom is 0.274 e. The molecule has 0 bridgehead atoms. The van der Waals surface area contributed by atoms with Crippen LogP contribution in [0.15, 0.2) is 66.0 Å². The first kappa shape index (κ1) is 21.3. The molecular formula is C26H30N4OS. The first-order chi connectivity index (χ1) is 15.7. The molecule has 0 unspecified atom stereocenters. The molecule has 166 valence electrons. The lowest BCUT2D eigenvalue weighted by Crippen LogP contribution is -2.61. The van der Waals surface area contributed by atoms with Crippen LogP contribution in [0.3, 0.4) is 0 Å². The minimum absolute atomic E-state index is 0.0299. The van der Waals surface area contributed by atoms with E-state index in [-0.39, 0.29) is 5.91 Å². The summed E-state index contributed by atoms with van der Waals surface area (Å²) < 4.78 is 0. The van der Waals surface area contributed by atoms with Crippen molar-refractivity contribution < 1.29 is 4.79 Å². The molecule has 3 heterocycles. The third-order valence-electron chi connectivity index (χ3n) is 6.84. The van der Waals surface area contributed by atoms with Crippen LogP contribution in [0.25, 0.3) is 0 Å². The predicted octanol–water partition coefficient (Wildman–Crippen LogP) is 3.94. The number of likely N-dealkylation sites (N-methyl/N-ethyl adjacent to an activating group) is 1. The monoisotopic (exact) mass is 446 g/mol. The smallest absolute Gasteiger partial charge is 0.274 e. The fourth-order valence-corrected chi connectivity index (χ4v) is 6.13. The molecule has 0 atom stereocenters. The highest BCUT2D eigenvalue weighted by Gasteiger charge is 2.46. The number of piperidine rings is 1. The Bertz CT molecular complexity index is 1010. The number of carbonyl (C=O) groups excluding carboxylic acids is 1. The van der Waals surface area contributed by atoms with Gasteiger partial charge in [0.1, 0.15) is 11.2 Å². The molecule has 0 radical (unpaired) electrons. The summed E-state index contributed by atoms with van der Waals surface area (Å²) in [6.07, 6.45) is 2.18. The molecule has 1 amide bonds. The van der Waals surface area contributed by atoms with Crippen molar-refractivity contribution in [2.45, 2.75) is 24.3 Å². The van der Waals surface area contributed by atoms with E-state index < -0.39 is 5.54 Å². The fraction of sp³-hybridized carbons (Fsp3) is 0.385. The number of aromatic nitrogens is 1. The maximum absolute atomic E-state index is 14.0. The third kappa shape index (κ3) is 3.87. The number of benzene rings is 2. The summed E-state index contributed by atoms with van der Waals surface area (Å²) in [5.41, 5.74) is 2.31. The van der Waals surface area contributed by atoms with Crippen LogP contribution in [-0.4, -0.2) is 60.5 Å². The van der Waals surface area contributed by atoms with Gasteiger partial charge in [0.05, 0.1) is 5.01 Å². The van der Waals surface area contributed by atoms with Crippen LogP contribution < -0.4 is 5.32 Å². The van der Waals surface area contributed by atoms with Gasteiger partial charge in [0.25, 0.3) is 5.91 Å². The molecule has 2 aliphatic heterocycles. The molecule has 1 aromatic heterocycles. The minimum atomic E-state index is -0.550. The Balaban J connectivity index is 1.56. The molecule has 3 aromatic rings. The number of nitrogens with one attached hydrogen (secondary N) is 1. The zero-order valence-corrected chi connectivity index (χ0v) is 19.4. The van der Waals surface area contributed by atoms with Crippen molar-refractivity contribution in [3.63, 3.8) is 0 Å². The summed E-state index contributed by atoms with van der Waals surface area (Å²) in [6, 6.07) is 20.9. The lowest BCUT2D eigenvalue weighted by atomic mass is 9.79. The number of hydrogen-bond donors (Lipinski definition) is 1. The van der Waals surface area contributed by atoms with Gasteiger partial charge >= 0.3 is 0 Å². The maximum atomic E-state index is 14.0. The number of thiazole rings is 1. The third-order valence-corrected chi connectivity index (χ3v) is 7.85. The lowest BCUT2D eigenvalue weighted by Gasteiger charge is -2.50. The highest BCUT2D eigenvalue weighted by atomic mass is 32.1. The van der Waals surface area contributed by atoms with Crippen LogP contribution in [-0.2, 0) is 5.54 Å². The Kier molecular flexibility index (Phi) is 6.09. The van der Waals surface area contributed by atoms with Crippen LogP contribution in [0, 0.1) is 0 Å². The Hall–Kier alpha value is -2.54. The van der Waals surface area contributed by atoms with Crippen LogP contribution >= 0.6 is 11.3 Å². The average molecular weight is 447 g/mol. The topological polar surface area (TPSA) is 48.5 Å². The molecule has 0 saturated carbocycles. The van der Waals surface area contributed by atoms with Crippen LogP contribution in [0.2, 0.25) is 0 Å². The summed E-state index contributed by atoms with van der Waals surface area (Å²) >= 11 is 1.64. The van der Waals surface area contributed by atoms with E-state index in [1.54, 1.807) is 11.3 Å². The number of piperazine rings is 1. The van der Waals surface area contributed by atoms with Crippen molar-refractivity contribution in [1.82, 2.24) is 20.1 Å². The second-order valence-corrected chi connectivity index (χ2v) is 9.77. The molecule has 2 aliphatic rings. The van der Waals surface area contributed by atoms with Crippen molar-refractivity contribution in [3.05, 3.63) is 87.9 Å². The molecular weight excluding hydrogens is 416 g/mol. The summed E-state index contributed by atoms with van der Waals surface area (Å²) in [6.45, 7) is 4.31. The molecule has 5 rings (SSSR count). The molecule has 2 saturated heterocycles. The van der Waals surface area contributed by atoms with Crippen molar-refractivity contribution in [2.24, 2.45) is 0 Å². The zero-order chi connectivity index (χ0) is 22.0. The molecule has 32 heavy (non-hydrogen) atoms. The molecule has 0 spiro atoms. The van der Waals surface area contributed by atoms with Gasteiger partial charge in [-0.25, -0.2) is 4.98 Å². The molecule has 0 aliphatic carbocycles. The number of nitrogens with zero attached hydrogens (tertiary/aromatic N) is 3. The van der Waals surface area contributed by atoms with Gasteiger partial charge in [0, 0.05) is 30.9 Å². The van der Waals surface area contributed by atoms with Crippen molar-refractivity contribution in [2.75, 3.05) is 39.8 Å². The van der Waals surface area contributed by atoms with E-state index in [0.717, 1.165) is 55.2 Å².